The molecule has 2 aromatic carbocycles. The van der Waals surface area contributed by atoms with E-state index in [0.29, 0.717) is 23.4 Å². The number of methoxy groups -OCH3 is 1. The van der Waals surface area contributed by atoms with Gasteiger partial charge in [0, 0.05) is 29.7 Å². The quantitative estimate of drug-likeness (QED) is 0.468. The van der Waals surface area contributed by atoms with Crippen LogP contribution in [0.25, 0.3) is 5.69 Å². The topological polar surface area (TPSA) is 64.4 Å². The van der Waals surface area contributed by atoms with E-state index in [9.17, 15) is 9.59 Å². The minimum Gasteiger partial charge on any atom is -0.469 e. The van der Waals surface area contributed by atoms with Crippen LogP contribution in [0.1, 0.15) is 52.3 Å². The lowest BCUT2D eigenvalue weighted by Crippen LogP contribution is -2.29. The predicted molar refractivity (Wildman–Crippen MR) is 125 cm³/mol. The first-order valence-corrected chi connectivity index (χ1v) is 10.9. The van der Waals surface area contributed by atoms with Gasteiger partial charge in [-0.25, -0.2) is 4.68 Å². The fourth-order valence-electron chi connectivity index (χ4n) is 3.73. The Morgan fingerprint density at radius 2 is 1.84 bits per heavy atom. The summed E-state index contributed by atoms with van der Waals surface area (Å²) in [6.45, 7) is 5.88. The van der Waals surface area contributed by atoms with Gasteiger partial charge in [-0.15, -0.1) is 0 Å². The second-order valence-electron chi connectivity index (χ2n) is 7.83. The van der Waals surface area contributed by atoms with Crippen molar-refractivity contribution in [3.05, 3.63) is 81.6 Å². The van der Waals surface area contributed by atoms with Crippen molar-refractivity contribution in [3.8, 4) is 5.69 Å². The highest BCUT2D eigenvalue weighted by atomic mass is 35.5. The van der Waals surface area contributed by atoms with Crippen LogP contribution in [0.15, 0.2) is 48.5 Å². The van der Waals surface area contributed by atoms with Crippen molar-refractivity contribution in [1.29, 1.82) is 0 Å². The molecular formula is C25H28ClN3O3. The van der Waals surface area contributed by atoms with Crippen LogP contribution >= 0.6 is 11.6 Å². The number of hydrogen-bond donors (Lipinski definition) is 0. The lowest BCUT2D eigenvalue weighted by molar-refractivity contribution is -0.140. The molecule has 1 amide bonds. The number of ether oxygens (including phenoxy) is 1. The van der Waals surface area contributed by atoms with E-state index in [1.165, 1.54) is 7.11 Å². The van der Waals surface area contributed by atoms with Crippen molar-refractivity contribution < 1.29 is 14.3 Å². The van der Waals surface area contributed by atoms with Crippen molar-refractivity contribution in [3.63, 3.8) is 0 Å². The van der Waals surface area contributed by atoms with Crippen LogP contribution in [0, 0.1) is 13.8 Å². The summed E-state index contributed by atoms with van der Waals surface area (Å²) in [5.74, 6) is -0.313. The largest absolute Gasteiger partial charge is 0.469 e. The van der Waals surface area contributed by atoms with Crippen molar-refractivity contribution >= 4 is 23.5 Å². The molecule has 0 bridgehead atoms. The normalized spacial score (nSPS) is 11.8. The smallest absolute Gasteiger partial charge is 0.305 e. The summed E-state index contributed by atoms with van der Waals surface area (Å²) in [5.41, 5.74) is 5.31. The number of rotatable bonds is 7. The van der Waals surface area contributed by atoms with Gasteiger partial charge in [-0.1, -0.05) is 23.7 Å². The van der Waals surface area contributed by atoms with Crippen molar-refractivity contribution in [1.82, 2.24) is 14.7 Å². The summed E-state index contributed by atoms with van der Waals surface area (Å²) >= 11 is 6.10. The van der Waals surface area contributed by atoms with Gasteiger partial charge in [-0.2, -0.15) is 5.10 Å². The van der Waals surface area contributed by atoms with E-state index in [2.05, 4.69) is 5.10 Å². The first kappa shape index (κ1) is 23.5. The molecule has 0 spiro atoms. The van der Waals surface area contributed by atoms with E-state index in [1.54, 1.807) is 11.9 Å². The van der Waals surface area contributed by atoms with E-state index in [0.717, 1.165) is 28.2 Å². The van der Waals surface area contributed by atoms with Crippen LogP contribution in [0.4, 0.5) is 0 Å². The van der Waals surface area contributed by atoms with E-state index in [1.807, 2.05) is 74.0 Å². The maximum absolute atomic E-state index is 13.0. The lowest BCUT2D eigenvalue weighted by atomic mass is 10.1. The number of aryl methyl sites for hydroxylation is 1. The summed E-state index contributed by atoms with van der Waals surface area (Å²) in [4.78, 5) is 26.2. The SMILES string of the molecule is COC(=O)CCc1c(C)nn(-c2ccc(C(=O)N(C)C(C)c3cccc(Cl)c3)cc2)c1C. The van der Waals surface area contributed by atoms with Gasteiger partial charge in [0.2, 0.25) is 0 Å². The molecular weight excluding hydrogens is 426 g/mol. The second kappa shape index (κ2) is 10.0. The third kappa shape index (κ3) is 5.02. The summed E-state index contributed by atoms with van der Waals surface area (Å²) < 4.78 is 6.58. The van der Waals surface area contributed by atoms with Gasteiger partial charge in [0.05, 0.1) is 24.5 Å². The number of halogens is 1. The Hall–Kier alpha value is -3.12. The Balaban J connectivity index is 1.77. The van der Waals surface area contributed by atoms with Crippen LogP contribution in [-0.2, 0) is 16.0 Å². The summed E-state index contributed by atoms with van der Waals surface area (Å²) in [7, 11) is 3.18. The Morgan fingerprint density at radius 3 is 2.47 bits per heavy atom. The fourth-order valence-corrected chi connectivity index (χ4v) is 3.93. The molecule has 0 fully saturated rings. The van der Waals surface area contributed by atoms with Crippen LogP contribution in [0.2, 0.25) is 5.02 Å². The average molecular weight is 454 g/mol. The summed E-state index contributed by atoms with van der Waals surface area (Å²) in [6, 6.07) is 14.8. The highest BCUT2D eigenvalue weighted by Gasteiger charge is 2.20. The van der Waals surface area contributed by atoms with Gasteiger partial charge in [-0.3, -0.25) is 9.59 Å². The predicted octanol–water partition coefficient (Wildman–Crippen LogP) is 5.08. The highest BCUT2D eigenvalue weighted by molar-refractivity contribution is 6.30. The van der Waals surface area contributed by atoms with Gasteiger partial charge in [0.25, 0.3) is 5.91 Å². The Kier molecular flexibility index (Phi) is 7.36. The maximum Gasteiger partial charge on any atom is 0.305 e. The molecule has 3 rings (SSSR count). The van der Waals surface area contributed by atoms with Gasteiger partial charge < -0.3 is 9.64 Å². The molecule has 0 aliphatic rings. The molecule has 1 aromatic heterocycles. The molecule has 0 saturated carbocycles. The molecule has 6 nitrogen and oxygen atoms in total. The van der Waals surface area contributed by atoms with Crippen molar-refractivity contribution in [2.75, 3.05) is 14.2 Å². The molecule has 3 aromatic rings. The maximum atomic E-state index is 13.0. The van der Waals surface area contributed by atoms with Gasteiger partial charge in [0.1, 0.15) is 0 Å². The molecule has 0 saturated heterocycles. The number of hydrogen-bond acceptors (Lipinski definition) is 4. The van der Waals surface area contributed by atoms with Gasteiger partial charge in [0.15, 0.2) is 0 Å². The third-order valence-electron chi connectivity index (χ3n) is 5.84. The standard InChI is InChI=1S/C25H28ClN3O3/c1-16-23(13-14-24(30)32-5)18(3)29(27-16)22-11-9-19(10-12-22)25(31)28(4)17(2)20-7-6-8-21(26)15-20/h6-12,15,17H,13-14H2,1-5H3. The summed E-state index contributed by atoms with van der Waals surface area (Å²) in [6.07, 6.45) is 0.890. The zero-order valence-electron chi connectivity index (χ0n) is 19.1. The molecule has 1 heterocycles. The highest BCUT2D eigenvalue weighted by Crippen LogP contribution is 2.24. The molecule has 7 heteroatoms. The number of benzene rings is 2. The average Bonchev–Trinajstić information content (AvgIpc) is 3.09. The van der Waals surface area contributed by atoms with Crippen LogP contribution in [0.5, 0.6) is 0 Å². The molecule has 0 radical (unpaired) electrons. The first-order chi connectivity index (χ1) is 15.2. The van der Waals surface area contributed by atoms with Gasteiger partial charge >= 0.3 is 5.97 Å². The minimum absolute atomic E-state index is 0.0730. The first-order valence-electron chi connectivity index (χ1n) is 10.5. The van der Waals surface area contributed by atoms with Crippen molar-refractivity contribution in [2.24, 2.45) is 0 Å². The van der Waals surface area contributed by atoms with Crippen LogP contribution < -0.4 is 0 Å². The molecule has 1 unspecified atom stereocenters. The number of aromatic nitrogens is 2. The van der Waals surface area contributed by atoms with Crippen molar-refractivity contribution in [2.45, 2.75) is 39.7 Å². The Bertz CT molecular complexity index is 1120. The van der Waals surface area contributed by atoms with Crippen LogP contribution in [-0.4, -0.2) is 40.7 Å². The summed E-state index contributed by atoms with van der Waals surface area (Å²) in [5, 5.41) is 5.28. The lowest BCUT2D eigenvalue weighted by Gasteiger charge is -2.25. The van der Waals surface area contributed by atoms with E-state index in [-0.39, 0.29) is 17.9 Å². The number of esters is 1. The minimum atomic E-state index is -0.240. The molecule has 0 aliphatic heterocycles. The fraction of sp³-hybridized carbons (Fsp3) is 0.320. The number of carbonyl (C=O) groups is 2. The van der Waals surface area contributed by atoms with Gasteiger partial charge in [-0.05, 0) is 74.7 Å². The van der Waals surface area contributed by atoms with E-state index >= 15 is 0 Å². The number of carbonyl (C=O) groups excluding carboxylic acids is 2. The zero-order valence-corrected chi connectivity index (χ0v) is 19.8. The Labute approximate surface area is 193 Å². The molecule has 0 aliphatic carbocycles. The third-order valence-corrected chi connectivity index (χ3v) is 6.07. The monoisotopic (exact) mass is 453 g/mol. The number of amides is 1. The Morgan fingerprint density at radius 1 is 1.16 bits per heavy atom. The molecule has 1 atom stereocenters. The molecule has 168 valence electrons. The molecule has 32 heavy (non-hydrogen) atoms. The van der Waals surface area contributed by atoms with Crippen LogP contribution in [0.3, 0.4) is 0 Å². The zero-order chi connectivity index (χ0) is 23.4. The second-order valence-corrected chi connectivity index (χ2v) is 8.27. The number of nitrogens with zero attached hydrogens (tertiary/aromatic N) is 3. The van der Waals surface area contributed by atoms with E-state index < -0.39 is 0 Å². The molecule has 0 N–H and O–H groups in total. The van der Waals surface area contributed by atoms with E-state index in [4.69, 9.17) is 16.3 Å².